The van der Waals surface area contributed by atoms with Gasteiger partial charge in [0.1, 0.15) is 12.3 Å². The minimum absolute atomic E-state index is 0.342. The van der Waals surface area contributed by atoms with Crippen LogP contribution >= 0.6 is 0 Å². The van der Waals surface area contributed by atoms with Crippen LogP contribution in [0, 0.1) is 0 Å². The molecule has 3 rings (SSSR count). The summed E-state index contributed by atoms with van der Waals surface area (Å²) in [4.78, 5) is 0. The Morgan fingerprint density at radius 1 is 1.32 bits per heavy atom. The maximum absolute atomic E-state index is 11.9. The lowest BCUT2D eigenvalue weighted by Gasteiger charge is -2.26. The molecule has 0 radical (unpaired) electrons. The first-order valence-corrected chi connectivity index (χ1v) is 7.06. The summed E-state index contributed by atoms with van der Waals surface area (Å²) in [5, 5.41) is 17.7. The summed E-state index contributed by atoms with van der Waals surface area (Å²) >= 11 is 0. The van der Waals surface area contributed by atoms with Crippen molar-refractivity contribution in [3.63, 3.8) is 0 Å². The molecule has 1 aliphatic rings. The molecule has 8 heteroatoms. The summed E-state index contributed by atoms with van der Waals surface area (Å²) in [6.07, 6.45) is 0. The molecule has 1 aromatic heterocycles. The molecule has 22 heavy (non-hydrogen) atoms. The van der Waals surface area contributed by atoms with Crippen molar-refractivity contribution in [1.29, 1.82) is 0 Å². The number of morpholine rings is 1. The number of aromatic nitrogens is 2. The number of hydrogen-bond donors (Lipinski definition) is 1. The van der Waals surface area contributed by atoms with E-state index in [1.54, 1.807) is 19.2 Å². The van der Waals surface area contributed by atoms with Crippen LogP contribution < -0.4 is 20.0 Å². The van der Waals surface area contributed by atoms with Gasteiger partial charge in [-0.05, 0) is 16.8 Å². The Morgan fingerprint density at radius 3 is 2.73 bits per heavy atom. The molecule has 1 aromatic carbocycles. The first-order valence-electron chi connectivity index (χ1n) is 7.06. The normalized spacial score (nSPS) is 15.9. The fourth-order valence-corrected chi connectivity index (χ4v) is 2.25. The quantitative estimate of drug-likeness (QED) is 0.736. The van der Waals surface area contributed by atoms with E-state index >= 15 is 0 Å². The SMILES string of the molecule is COc1ccc(-[n+]2noc([O-])c2CNN2CCOCC2)cc1. The molecule has 0 atom stereocenters. The van der Waals surface area contributed by atoms with Gasteiger partial charge in [0.15, 0.2) is 5.95 Å². The molecule has 0 spiro atoms. The van der Waals surface area contributed by atoms with E-state index < -0.39 is 5.95 Å². The lowest BCUT2D eigenvalue weighted by Crippen LogP contribution is -2.47. The lowest BCUT2D eigenvalue weighted by molar-refractivity contribution is -0.678. The highest BCUT2D eigenvalue weighted by molar-refractivity contribution is 5.31. The number of ether oxygens (including phenoxy) is 2. The average Bonchev–Trinajstić information content (AvgIpc) is 2.95. The highest BCUT2D eigenvalue weighted by atomic mass is 16.6. The Balaban J connectivity index is 1.74. The van der Waals surface area contributed by atoms with Gasteiger partial charge in [0.25, 0.3) is 5.69 Å². The fourth-order valence-electron chi connectivity index (χ4n) is 2.25. The van der Waals surface area contributed by atoms with Crippen LogP contribution in [0.5, 0.6) is 11.7 Å². The predicted molar refractivity (Wildman–Crippen MR) is 73.3 cm³/mol. The molecule has 0 saturated carbocycles. The zero-order valence-electron chi connectivity index (χ0n) is 12.3. The minimum Gasteiger partial charge on any atom is -0.539 e. The van der Waals surface area contributed by atoms with E-state index in [1.807, 2.05) is 17.1 Å². The van der Waals surface area contributed by atoms with E-state index in [4.69, 9.17) is 14.0 Å². The van der Waals surface area contributed by atoms with Crippen molar-refractivity contribution >= 4 is 0 Å². The maximum atomic E-state index is 11.9. The second kappa shape index (κ2) is 6.73. The molecule has 0 amide bonds. The van der Waals surface area contributed by atoms with Gasteiger partial charge in [0.05, 0.1) is 25.6 Å². The highest BCUT2D eigenvalue weighted by Gasteiger charge is 2.21. The van der Waals surface area contributed by atoms with E-state index in [0.717, 1.165) is 24.5 Å². The Kier molecular flexibility index (Phi) is 4.52. The molecule has 1 fully saturated rings. The minimum atomic E-state index is -0.448. The topological polar surface area (TPSA) is 86.7 Å². The van der Waals surface area contributed by atoms with Crippen LogP contribution in [0.4, 0.5) is 0 Å². The van der Waals surface area contributed by atoms with Crippen molar-refractivity contribution in [3.8, 4) is 17.4 Å². The van der Waals surface area contributed by atoms with Crippen LogP contribution in [0.2, 0.25) is 0 Å². The fraction of sp³-hybridized carbons (Fsp3) is 0.429. The third-order valence-electron chi connectivity index (χ3n) is 3.49. The summed E-state index contributed by atoms with van der Waals surface area (Å²) in [7, 11) is 1.60. The Labute approximate surface area is 127 Å². The summed E-state index contributed by atoms with van der Waals surface area (Å²) in [6, 6.07) is 7.25. The first kappa shape index (κ1) is 14.8. The number of hydrazine groups is 1. The number of hydrogen-bond acceptors (Lipinski definition) is 7. The highest BCUT2D eigenvalue weighted by Crippen LogP contribution is 2.14. The van der Waals surface area contributed by atoms with Crippen LogP contribution in [0.15, 0.2) is 28.8 Å². The number of rotatable bonds is 5. The molecule has 0 unspecified atom stereocenters. The van der Waals surface area contributed by atoms with Crippen LogP contribution in [0.25, 0.3) is 5.69 Å². The van der Waals surface area contributed by atoms with Gasteiger partial charge >= 0.3 is 0 Å². The van der Waals surface area contributed by atoms with Gasteiger partial charge in [-0.3, -0.25) is 0 Å². The van der Waals surface area contributed by atoms with Gasteiger partial charge < -0.3 is 19.1 Å². The Hall–Kier alpha value is -2.16. The van der Waals surface area contributed by atoms with E-state index in [0.29, 0.717) is 25.5 Å². The van der Waals surface area contributed by atoms with E-state index in [-0.39, 0.29) is 0 Å². The van der Waals surface area contributed by atoms with Crippen LogP contribution in [-0.4, -0.2) is 43.7 Å². The largest absolute Gasteiger partial charge is 0.539 e. The van der Waals surface area contributed by atoms with Crippen LogP contribution in [-0.2, 0) is 11.3 Å². The van der Waals surface area contributed by atoms with Crippen LogP contribution in [0.1, 0.15) is 5.69 Å². The zero-order chi connectivity index (χ0) is 15.4. The molecular formula is C14H18N4O4. The molecule has 0 aliphatic carbocycles. The van der Waals surface area contributed by atoms with Crippen molar-refractivity contribution in [3.05, 3.63) is 30.0 Å². The smallest absolute Gasteiger partial charge is 0.255 e. The first-order chi connectivity index (χ1) is 10.8. The van der Waals surface area contributed by atoms with Crippen LogP contribution in [0.3, 0.4) is 0 Å². The van der Waals surface area contributed by atoms with Gasteiger partial charge in [-0.2, -0.15) is 0 Å². The molecule has 1 aliphatic heterocycles. The number of benzene rings is 1. The van der Waals surface area contributed by atoms with E-state index in [9.17, 15) is 5.11 Å². The molecular weight excluding hydrogens is 288 g/mol. The molecule has 1 N–H and O–H groups in total. The maximum Gasteiger partial charge on any atom is 0.255 e. The molecule has 2 aromatic rings. The monoisotopic (exact) mass is 306 g/mol. The van der Waals surface area contributed by atoms with Crippen molar-refractivity contribution in [2.45, 2.75) is 6.54 Å². The summed E-state index contributed by atoms with van der Waals surface area (Å²) in [5.41, 5.74) is 4.39. The van der Waals surface area contributed by atoms with Crippen molar-refractivity contribution in [2.24, 2.45) is 0 Å². The number of nitrogens with zero attached hydrogens (tertiary/aromatic N) is 3. The van der Waals surface area contributed by atoms with E-state index in [2.05, 4.69) is 10.7 Å². The van der Waals surface area contributed by atoms with Crippen molar-refractivity contribution < 1.29 is 23.8 Å². The summed E-state index contributed by atoms with van der Waals surface area (Å²) < 4.78 is 16.7. The molecule has 0 bridgehead atoms. The predicted octanol–water partition coefficient (Wildman–Crippen LogP) is -0.630. The third kappa shape index (κ3) is 3.19. The van der Waals surface area contributed by atoms with Gasteiger partial charge in [-0.25, -0.2) is 10.4 Å². The summed E-state index contributed by atoms with van der Waals surface area (Å²) in [6.45, 7) is 3.26. The summed E-state index contributed by atoms with van der Waals surface area (Å²) in [5.74, 6) is 0.291. The number of methoxy groups -OCH3 is 1. The molecule has 118 valence electrons. The van der Waals surface area contributed by atoms with E-state index in [1.165, 1.54) is 4.68 Å². The standard InChI is InChI=1S/C14H18N4O4/c1-20-12-4-2-11(3-5-12)18-13(14(19)22-16-18)10-15-17-6-8-21-9-7-17/h2-5,15H,6-10H2,1H3. The van der Waals surface area contributed by atoms with Gasteiger partial charge in [0.2, 0.25) is 5.69 Å². The van der Waals surface area contributed by atoms with Gasteiger partial charge in [-0.15, -0.1) is 0 Å². The lowest BCUT2D eigenvalue weighted by atomic mass is 10.3. The average molecular weight is 306 g/mol. The Morgan fingerprint density at radius 2 is 2.05 bits per heavy atom. The third-order valence-corrected chi connectivity index (χ3v) is 3.49. The zero-order valence-corrected chi connectivity index (χ0v) is 12.3. The van der Waals surface area contributed by atoms with Crippen molar-refractivity contribution in [2.75, 3.05) is 33.4 Å². The number of nitrogens with one attached hydrogen (secondary N) is 1. The second-order valence-corrected chi connectivity index (χ2v) is 4.85. The van der Waals surface area contributed by atoms with Gasteiger partial charge in [-0.1, -0.05) is 0 Å². The molecule has 1 saturated heterocycles. The second-order valence-electron chi connectivity index (χ2n) is 4.85. The Bertz CT molecular complexity index is 608. The van der Waals surface area contributed by atoms with Crippen molar-refractivity contribution in [1.82, 2.24) is 15.7 Å². The van der Waals surface area contributed by atoms with Gasteiger partial charge in [0, 0.05) is 25.2 Å². The molecule has 2 heterocycles. The molecule has 8 nitrogen and oxygen atoms in total.